The third kappa shape index (κ3) is 5.05. The first kappa shape index (κ1) is 18.0. The van der Waals surface area contributed by atoms with Gasteiger partial charge in [0.05, 0.1) is 13.0 Å². The number of hydrogen-bond donors (Lipinski definition) is 1. The molecule has 2 aromatic rings. The maximum absolute atomic E-state index is 12.4. The molecule has 1 N–H and O–H groups in total. The van der Waals surface area contributed by atoms with Crippen molar-refractivity contribution in [1.29, 1.82) is 5.26 Å². The van der Waals surface area contributed by atoms with E-state index >= 15 is 0 Å². The van der Waals surface area contributed by atoms with Crippen LogP contribution in [0.3, 0.4) is 0 Å². The number of amides is 1. The van der Waals surface area contributed by atoms with Crippen LogP contribution in [0, 0.1) is 11.3 Å². The molecular weight excluding hydrogens is 316 g/mol. The van der Waals surface area contributed by atoms with Gasteiger partial charge in [0.25, 0.3) is 0 Å². The van der Waals surface area contributed by atoms with Crippen LogP contribution in [0.1, 0.15) is 18.9 Å². The Kier molecular flexibility index (Phi) is 6.49. The predicted molar refractivity (Wildman–Crippen MR) is 95.3 cm³/mol. The molecule has 5 heteroatoms. The summed E-state index contributed by atoms with van der Waals surface area (Å²) in [4.78, 5) is 24.5. The van der Waals surface area contributed by atoms with E-state index in [0.29, 0.717) is 16.8 Å². The van der Waals surface area contributed by atoms with Crippen molar-refractivity contribution >= 4 is 23.1 Å². The molecule has 2 rings (SSSR count). The monoisotopic (exact) mass is 334 g/mol. The Hall–Kier alpha value is -3.39. The summed E-state index contributed by atoms with van der Waals surface area (Å²) in [6.07, 6.45) is -0.111. The largest absolute Gasteiger partial charge is 0.462 e. The average molecular weight is 334 g/mol. The molecule has 0 aliphatic rings. The lowest BCUT2D eigenvalue weighted by molar-refractivity contribution is -0.137. The lowest BCUT2D eigenvalue weighted by Crippen LogP contribution is -2.15. The molecule has 0 bridgehead atoms. The smallest absolute Gasteiger partial charge is 0.349 e. The van der Waals surface area contributed by atoms with Gasteiger partial charge in [-0.25, -0.2) is 4.79 Å². The minimum Gasteiger partial charge on any atom is -0.462 e. The maximum Gasteiger partial charge on any atom is 0.349 e. The van der Waals surface area contributed by atoms with Crippen molar-refractivity contribution in [1.82, 2.24) is 0 Å². The second-order valence-electron chi connectivity index (χ2n) is 5.14. The van der Waals surface area contributed by atoms with Crippen LogP contribution in [0.2, 0.25) is 0 Å². The molecular formula is C20H18N2O3. The number of anilines is 1. The van der Waals surface area contributed by atoms with Gasteiger partial charge in [-0.1, -0.05) is 48.5 Å². The number of ether oxygens (including phenoxy) is 1. The van der Waals surface area contributed by atoms with Crippen LogP contribution < -0.4 is 5.32 Å². The lowest BCUT2D eigenvalue weighted by atomic mass is 9.97. The van der Waals surface area contributed by atoms with Crippen molar-refractivity contribution in [2.45, 2.75) is 13.3 Å². The summed E-state index contributed by atoms with van der Waals surface area (Å²) >= 11 is 0. The zero-order chi connectivity index (χ0) is 18.1. The highest BCUT2D eigenvalue weighted by molar-refractivity contribution is 6.07. The first-order valence-electron chi connectivity index (χ1n) is 7.86. The number of nitrogens with zero attached hydrogens (tertiary/aromatic N) is 1. The van der Waals surface area contributed by atoms with E-state index in [2.05, 4.69) is 5.32 Å². The van der Waals surface area contributed by atoms with Gasteiger partial charge in [0.15, 0.2) is 0 Å². The van der Waals surface area contributed by atoms with Crippen LogP contribution in [-0.2, 0) is 14.3 Å². The highest BCUT2D eigenvalue weighted by Crippen LogP contribution is 2.24. The topological polar surface area (TPSA) is 79.2 Å². The SMILES string of the molecule is CCOC(=O)/C(C#N)=C(/CC(=O)Nc1ccccc1)c1ccccc1. The third-order valence-electron chi connectivity index (χ3n) is 3.41. The van der Waals surface area contributed by atoms with Crippen LogP contribution in [0.15, 0.2) is 66.2 Å². The molecule has 0 aliphatic heterocycles. The third-order valence-corrected chi connectivity index (χ3v) is 3.41. The van der Waals surface area contributed by atoms with Crippen molar-refractivity contribution in [3.8, 4) is 6.07 Å². The second kappa shape index (κ2) is 9.04. The first-order chi connectivity index (χ1) is 12.2. The fourth-order valence-electron chi connectivity index (χ4n) is 2.30. The minimum absolute atomic E-state index is 0.111. The van der Waals surface area contributed by atoms with Crippen molar-refractivity contribution in [3.05, 3.63) is 71.8 Å². The van der Waals surface area contributed by atoms with E-state index in [1.165, 1.54) is 0 Å². The first-order valence-corrected chi connectivity index (χ1v) is 7.86. The molecule has 0 saturated carbocycles. The van der Waals surface area contributed by atoms with Crippen LogP contribution in [-0.4, -0.2) is 18.5 Å². The molecule has 5 nitrogen and oxygen atoms in total. The normalized spacial score (nSPS) is 11.0. The molecule has 0 unspecified atom stereocenters. The number of hydrogen-bond acceptors (Lipinski definition) is 4. The van der Waals surface area contributed by atoms with Crippen molar-refractivity contribution in [2.75, 3.05) is 11.9 Å². The number of benzene rings is 2. The number of nitriles is 1. The summed E-state index contributed by atoms with van der Waals surface area (Å²) in [6, 6.07) is 19.8. The maximum atomic E-state index is 12.4. The zero-order valence-electron chi connectivity index (χ0n) is 13.9. The van der Waals surface area contributed by atoms with Crippen LogP contribution in [0.4, 0.5) is 5.69 Å². The van der Waals surface area contributed by atoms with Gasteiger partial charge < -0.3 is 10.1 Å². The van der Waals surface area contributed by atoms with Gasteiger partial charge in [0, 0.05) is 5.69 Å². The van der Waals surface area contributed by atoms with Crippen LogP contribution in [0.25, 0.3) is 5.57 Å². The quantitative estimate of drug-likeness (QED) is 0.498. The minimum atomic E-state index is -0.726. The Morgan fingerprint density at radius 2 is 1.64 bits per heavy atom. The Bertz CT molecular complexity index is 806. The second-order valence-corrected chi connectivity index (χ2v) is 5.14. The molecule has 0 aliphatic carbocycles. The van der Waals surface area contributed by atoms with E-state index in [-0.39, 0.29) is 24.5 Å². The Morgan fingerprint density at radius 3 is 2.20 bits per heavy atom. The van der Waals surface area contributed by atoms with Gasteiger partial charge in [-0.2, -0.15) is 5.26 Å². The standard InChI is InChI=1S/C20H18N2O3/c1-2-25-20(24)18(14-21)17(15-9-5-3-6-10-15)13-19(23)22-16-11-7-4-8-12-16/h3-12H,2,13H2,1H3,(H,22,23)/b18-17-. The van der Waals surface area contributed by atoms with Gasteiger partial charge in [-0.3, -0.25) is 4.79 Å². The highest BCUT2D eigenvalue weighted by Gasteiger charge is 2.20. The van der Waals surface area contributed by atoms with E-state index in [0.717, 1.165) is 0 Å². The summed E-state index contributed by atoms with van der Waals surface area (Å²) < 4.78 is 4.95. The van der Waals surface area contributed by atoms with Gasteiger partial charge in [-0.05, 0) is 30.2 Å². The molecule has 0 fully saturated rings. The molecule has 0 saturated heterocycles. The zero-order valence-corrected chi connectivity index (χ0v) is 13.9. The van der Waals surface area contributed by atoms with E-state index in [1.807, 2.05) is 30.3 Å². The Labute approximate surface area is 146 Å². The molecule has 2 aromatic carbocycles. The summed E-state index contributed by atoms with van der Waals surface area (Å²) in [7, 11) is 0. The van der Waals surface area contributed by atoms with Gasteiger partial charge >= 0.3 is 5.97 Å². The fraction of sp³-hybridized carbons (Fsp3) is 0.150. The van der Waals surface area contributed by atoms with Gasteiger partial charge in [-0.15, -0.1) is 0 Å². The molecule has 126 valence electrons. The van der Waals surface area contributed by atoms with Gasteiger partial charge in [0.2, 0.25) is 5.91 Å². The number of nitrogens with one attached hydrogen (secondary N) is 1. The van der Waals surface area contributed by atoms with E-state index in [4.69, 9.17) is 4.74 Å². The number of carbonyl (C=O) groups is 2. The average Bonchev–Trinajstić information content (AvgIpc) is 2.63. The predicted octanol–water partition coefficient (Wildman–Crippen LogP) is 3.56. The fourth-order valence-corrected chi connectivity index (χ4v) is 2.30. The number of carbonyl (C=O) groups excluding carboxylic acids is 2. The Morgan fingerprint density at radius 1 is 1.04 bits per heavy atom. The van der Waals surface area contributed by atoms with E-state index in [1.54, 1.807) is 43.3 Å². The molecule has 0 atom stereocenters. The van der Waals surface area contributed by atoms with Crippen molar-refractivity contribution < 1.29 is 14.3 Å². The van der Waals surface area contributed by atoms with E-state index < -0.39 is 5.97 Å². The summed E-state index contributed by atoms with van der Waals surface area (Å²) in [5.41, 5.74) is 1.47. The summed E-state index contributed by atoms with van der Waals surface area (Å²) in [5, 5.41) is 12.2. The summed E-state index contributed by atoms with van der Waals surface area (Å²) in [6.45, 7) is 1.82. The molecule has 1 amide bonds. The van der Waals surface area contributed by atoms with Crippen LogP contribution in [0.5, 0.6) is 0 Å². The number of esters is 1. The molecule has 0 radical (unpaired) electrons. The highest BCUT2D eigenvalue weighted by atomic mass is 16.5. The number of rotatable bonds is 6. The molecule has 25 heavy (non-hydrogen) atoms. The lowest BCUT2D eigenvalue weighted by Gasteiger charge is -2.11. The van der Waals surface area contributed by atoms with E-state index in [9.17, 15) is 14.9 Å². The summed E-state index contributed by atoms with van der Waals surface area (Å²) in [5.74, 6) is -1.04. The van der Waals surface area contributed by atoms with Crippen molar-refractivity contribution in [3.63, 3.8) is 0 Å². The van der Waals surface area contributed by atoms with Crippen molar-refractivity contribution in [2.24, 2.45) is 0 Å². The molecule has 0 spiro atoms. The molecule has 0 aromatic heterocycles. The molecule has 0 heterocycles. The Balaban J connectivity index is 2.34. The number of para-hydroxylation sites is 1. The van der Waals surface area contributed by atoms with Crippen LogP contribution >= 0.6 is 0 Å². The van der Waals surface area contributed by atoms with Gasteiger partial charge in [0.1, 0.15) is 11.6 Å².